The van der Waals surface area contributed by atoms with E-state index in [9.17, 15) is 4.79 Å². The summed E-state index contributed by atoms with van der Waals surface area (Å²) in [6.45, 7) is 7.46. The summed E-state index contributed by atoms with van der Waals surface area (Å²) >= 11 is 0. The molecule has 0 fully saturated rings. The van der Waals surface area contributed by atoms with E-state index >= 15 is 0 Å². The molecular weight excluding hydrogens is 298 g/mol. The van der Waals surface area contributed by atoms with Crippen LogP contribution in [0.4, 0.5) is 0 Å². The smallest absolute Gasteiger partial charge is 0.244 e. The van der Waals surface area contributed by atoms with Crippen LogP contribution in [0.5, 0.6) is 5.75 Å². The third-order valence-corrected chi connectivity index (χ3v) is 3.62. The molecule has 0 bridgehead atoms. The van der Waals surface area contributed by atoms with Crippen LogP contribution in [0, 0.1) is 0 Å². The lowest BCUT2D eigenvalue weighted by atomic mass is 9.87. The van der Waals surface area contributed by atoms with Crippen molar-refractivity contribution in [3.05, 3.63) is 71.8 Å². The third-order valence-electron chi connectivity index (χ3n) is 3.62. The van der Waals surface area contributed by atoms with Crippen molar-refractivity contribution in [1.29, 1.82) is 0 Å². The molecule has 0 radical (unpaired) electrons. The summed E-state index contributed by atoms with van der Waals surface area (Å²) in [7, 11) is 0. The summed E-state index contributed by atoms with van der Waals surface area (Å²) in [5, 5.41) is 2.81. The fourth-order valence-corrected chi connectivity index (χ4v) is 2.19. The van der Waals surface area contributed by atoms with Crippen LogP contribution < -0.4 is 10.1 Å². The van der Waals surface area contributed by atoms with Gasteiger partial charge < -0.3 is 10.1 Å². The maximum Gasteiger partial charge on any atom is 0.244 e. The Hall–Kier alpha value is -2.55. The normalized spacial score (nSPS) is 11.5. The van der Waals surface area contributed by atoms with Gasteiger partial charge in [-0.2, -0.15) is 0 Å². The van der Waals surface area contributed by atoms with E-state index in [1.165, 1.54) is 11.6 Å². The van der Waals surface area contributed by atoms with Gasteiger partial charge in [-0.25, -0.2) is 0 Å². The van der Waals surface area contributed by atoms with Crippen LogP contribution in [0.15, 0.2) is 60.7 Å². The Bertz CT molecular complexity index is 667. The van der Waals surface area contributed by atoms with Crippen molar-refractivity contribution in [1.82, 2.24) is 5.32 Å². The van der Waals surface area contributed by atoms with Crippen molar-refractivity contribution < 1.29 is 9.53 Å². The van der Waals surface area contributed by atoms with E-state index in [4.69, 9.17) is 4.74 Å². The molecule has 3 heteroatoms. The Morgan fingerprint density at radius 1 is 1.04 bits per heavy atom. The number of carbonyl (C=O) groups excluding carboxylic acids is 1. The molecule has 0 saturated heterocycles. The first-order chi connectivity index (χ1) is 11.4. The molecule has 2 aromatic carbocycles. The van der Waals surface area contributed by atoms with Gasteiger partial charge in [0.05, 0.1) is 6.54 Å². The minimum absolute atomic E-state index is 0.120. The minimum atomic E-state index is -0.120. The molecule has 2 rings (SSSR count). The first-order valence-electron chi connectivity index (χ1n) is 8.19. The maximum absolute atomic E-state index is 11.7. The number of nitrogens with one attached hydrogen (secondary N) is 1. The van der Waals surface area contributed by atoms with Gasteiger partial charge in [0.25, 0.3) is 0 Å². The van der Waals surface area contributed by atoms with Crippen LogP contribution in [0.1, 0.15) is 31.9 Å². The highest BCUT2D eigenvalue weighted by Gasteiger charge is 2.12. The Labute approximate surface area is 144 Å². The molecule has 0 aliphatic carbocycles. The van der Waals surface area contributed by atoms with Crippen LogP contribution in [-0.2, 0) is 10.2 Å². The van der Waals surface area contributed by atoms with Gasteiger partial charge in [0.1, 0.15) is 12.4 Å². The molecule has 0 aliphatic heterocycles. The summed E-state index contributed by atoms with van der Waals surface area (Å²) in [4.78, 5) is 11.7. The molecule has 0 unspecified atom stereocenters. The number of hydrogen-bond acceptors (Lipinski definition) is 2. The van der Waals surface area contributed by atoms with Crippen LogP contribution in [-0.4, -0.2) is 19.1 Å². The molecule has 0 aliphatic rings. The number of hydrogen-bond donors (Lipinski definition) is 1. The fraction of sp³-hybridized carbons (Fsp3) is 0.286. The van der Waals surface area contributed by atoms with Crippen molar-refractivity contribution in [2.75, 3.05) is 13.2 Å². The van der Waals surface area contributed by atoms with Gasteiger partial charge in [-0.05, 0) is 34.8 Å². The second kappa shape index (κ2) is 8.34. The van der Waals surface area contributed by atoms with Crippen LogP contribution in [0.25, 0.3) is 6.08 Å². The topological polar surface area (TPSA) is 38.3 Å². The van der Waals surface area contributed by atoms with E-state index in [2.05, 4.69) is 38.2 Å². The highest BCUT2D eigenvalue weighted by molar-refractivity contribution is 5.91. The lowest BCUT2D eigenvalue weighted by Crippen LogP contribution is -2.26. The number of rotatable bonds is 6. The summed E-state index contributed by atoms with van der Waals surface area (Å²) < 4.78 is 5.65. The predicted octanol–water partition coefficient (Wildman–Crippen LogP) is 4.19. The van der Waals surface area contributed by atoms with Crippen LogP contribution >= 0.6 is 0 Å². The Balaban J connectivity index is 1.71. The molecule has 1 amide bonds. The lowest BCUT2D eigenvalue weighted by molar-refractivity contribution is -0.116. The van der Waals surface area contributed by atoms with Gasteiger partial charge in [0, 0.05) is 6.08 Å². The van der Waals surface area contributed by atoms with E-state index in [-0.39, 0.29) is 11.3 Å². The standard InChI is InChI=1S/C21H25NO2/c1-21(2,3)18-10-12-19(13-11-18)24-16-15-22-20(23)14-9-17-7-5-4-6-8-17/h4-14H,15-16H2,1-3H3,(H,22,23)/b14-9-. The molecule has 0 saturated carbocycles. The molecule has 0 heterocycles. The molecule has 3 nitrogen and oxygen atoms in total. The Morgan fingerprint density at radius 3 is 2.33 bits per heavy atom. The van der Waals surface area contributed by atoms with E-state index in [1.807, 2.05) is 42.5 Å². The molecule has 24 heavy (non-hydrogen) atoms. The average molecular weight is 323 g/mol. The SMILES string of the molecule is CC(C)(C)c1ccc(OCCNC(=O)/C=C\c2ccccc2)cc1. The summed E-state index contributed by atoms with van der Waals surface area (Å²) in [5.74, 6) is 0.697. The zero-order valence-corrected chi connectivity index (χ0v) is 14.6. The second-order valence-electron chi connectivity index (χ2n) is 6.66. The van der Waals surface area contributed by atoms with E-state index in [0.29, 0.717) is 13.2 Å². The third kappa shape index (κ3) is 5.92. The van der Waals surface area contributed by atoms with Gasteiger partial charge in [-0.3, -0.25) is 4.79 Å². The zero-order chi connectivity index (χ0) is 17.4. The van der Waals surface area contributed by atoms with E-state index in [0.717, 1.165) is 11.3 Å². The van der Waals surface area contributed by atoms with Gasteiger partial charge in [0.15, 0.2) is 0 Å². The van der Waals surface area contributed by atoms with Crippen molar-refractivity contribution in [3.8, 4) is 5.75 Å². The van der Waals surface area contributed by atoms with Crippen LogP contribution in [0.2, 0.25) is 0 Å². The average Bonchev–Trinajstić information content (AvgIpc) is 2.57. The fourth-order valence-electron chi connectivity index (χ4n) is 2.19. The van der Waals surface area contributed by atoms with Crippen LogP contribution in [0.3, 0.4) is 0 Å². The summed E-state index contributed by atoms with van der Waals surface area (Å²) in [6, 6.07) is 17.8. The number of amides is 1. The monoisotopic (exact) mass is 323 g/mol. The van der Waals surface area contributed by atoms with Gasteiger partial charge in [0.2, 0.25) is 5.91 Å². The highest BCUT2D eigenvalue weighted by Crippen LogP contribution is 2.24. The van der Waals surface area contributed by atoms with Gasteiger partial charge in [-0.15, -0.1) is 0 Å². The summed E-state index contributed by atoms with van der Waals surface area (Å²) in [6.07, 6.45) is 3.33. The quantitative estimate of drug-likeness (QED) is 0.639. The zero-order valence-electron chi connectivity index (χ0n) is 14.6. The molecule has 126 valence electrons. The van der Waals surface area contributed by atoms with Crippen molar-refractivity contribution >= 4 is 12.0 Å². The maximum atomic E-state index is 11.7. The Kier molecular flexibility index (Phi) is 6.19. The first-order valence-corrected chi connectivity index (χ1v) is 8.19. The van der Waals surface area contributed by atoms with Crippen molar-refractivity contribution in [2.45, 2.75) is 26.2 Å². The first kappa shape index (κ1) is 17.8. The van der Waals surface area contributed by atoms with Gasteiger partial charge in [-0.1, -0.05) is 63.2 Å². The van der Waals surface area contributed by atoms with Crippen molar-refractivity contribution in [2.24, 2.45) is 0 Å². The molecule has 0 atom stereocenters. The highest BCUT2D eigenvalue weighted by atomic mass is 16.5. The van der Waals surface area contributed by atoms with E-state index in [1.54, 1.807) is 6.08 Å². The molecular formula is C21H25NO2. The van der Waals surface area contributed by atoms with E-state index < -0.39 is 0 Å². The van der Waals surface area contributed by atoms with Gasteiger partial charge >= 0.3 is 0 Å². The minimum Gasteiger partial charge on any atom is -0.492 e. The number of benzene rings is 2. The largest absolute Gasteiger partial charge is 0.492 e. The number of ether oxygens (including phenoxy) is 1. The summed E-state index contributed by atoms with van der Waals surface area (Å²) in [5.41, 5.74) is 2.41. The molecule has 0 aromatic heterocycles. The molecule has 1 N–H and O–H groups in total. The predicted molar refractivity (Wildman–Crippen MR) is 99.1 cm³/mol. The lowest BCUT2D eigenvalue weighted by Gasteiger charge is -2.19. The molecule has 0 spiro atoms. The second-order valence-corrected chi connectivity index (χ2v) is 6.66. The van der Waals surface area contributed by atoms with Crippen molar-refractivity contribution in [3.63, 3.8) is 0 Å². The number of carbonyl (C=O) groups is 1. The Morgan fingerprint density at radius 2 is 1.71 bits per heavy atom. The molecule has 2 aromatic rings.